The van der Waals surface area contributed by atoms with Crippen molar-refractivity contribution in [3.63, 3.8) is 0 Å². The van der Waals surface area contributed by atoms with Crippen LogP contribution in [0.4, 0.5) is 10.5 Å². The number of piperazine rings is 1. The van der Waals surface area contributed by atoms with Crippen molar-refractivity contribution >= 4 is 27.7 Å². The molecule has 1 aromatic carbocycles. The van der Waals surface area contributed by atoms with Crippen molar-refractivity contribution in [2.75, 3.05) is 49.4 Å². The Kier molecular flexibility index (Phi) is 5.36. The Morgan fingerprint density at radius 2 is 1.62 bits per heavy atom. The molecule has 3 rings (SSSR count). The standard InChI is InChI=1S/C17H23N3O5S/c1-2-25-17(22)19-11-9-18(10-12-19)16(21)14-4-6-15(7-5-14)20-8-3-13-26(20,23)24/h4-7H,2-3,8-13H2,1H3. The Morgan fingerprint density at radius 3 is 2.15 bits per heavy atom. The maximum Gasteiger partial charge on any atom is 0.409 e. The van der Waals surface area contributed by atoms with Crippen LogP contribution < -0.4 is 4.31 Å². The molecule has 142 valence electrons. The molecule has 0 radical (unpaired) electrons. The van der Waals surface area contributed by atoms with Crippen LogP contribution in [-0.4, -0.2) is 75.3 Å². The van der Waals surface area contributed by atoms with Crippen LogP contribution >= 0.6 is 0 Å². The second-order valence-corrected chi connectivity index (χ2v) is 8.28. The number of rotatable bonds is 3. The van der Waals surface area contributed by atoms with Gasteiger partial charge < -0.3 is 14.5 Å². The number of benzene rings is 1. The van der Waals surface area contributed by atoms with Crippen LogP contribution in [0.25, 0.3) is 0 Å². The highest BCUT2D eigenvalue weighted by atomic mass is 32.2. The zero-order chi connectivity index (χ0) is 18.7. The Labute approximate surface area is 153 Å². The Balaban J connectivity index is 1.62. The van der Waals surface area contributed by atoms with Crippen molar-refractivity contribution in [2.45, 2.75) is 13.3 Å². The predicted octanol–water partition coefficient (Wildman–Crippen LogP) is 1.14. The van der Waals surface area contributed by atoms with Crippen molar-refractivity contribution in [1.82, 2.24) is 9.80 Å². The summed E-state index contributed by atoms with van der Waals surface area (Å²) < 4.78 is 30.3. The van der Waals surface area contributed by atoms with E-state index < -0.39 is 10.0 Å². The Morgan fingerprint density at radius 1 is 1.00 bits per heavy atom. The zero-order valence-corrected chi connectivity index (χ0v) is 15.6. The topological polar surface area (TPSA) is 87.2 Å². The molecule has 2 fully saturated rings. The third-order valence-corrected chi connectivity index (χ3v) is 6.46. The van der Waals surface area contributed by atoms with Crippen molar-refractivity contribution in [3.8, 4) is 0 Å². The van der Waals surface area contributed by atoms with Crippen LogP contribution in [0.3, 0.4) is 0 Å². The summed E-state index contributed by atoms with van der Waals surface area (Å²) in [5.74, 6) is 0.0441. The van der Waals surface area contributed by atoms with E-state index in [2.05, 4.69) is 0 Å². The molecule has 0 N–H and O–H groups in total. The first kappa shape index (κ1) is 18.5. The summed E-state index contributed by atoms with van der Waals surface area (Å²) >= 11 is 0. The summed E-state index contributed by atoms with van der Waals surface area (Å²) in [7, 11) is -3.22. The van der Waals surface area contributed by atoms with E-state index in [4.69, 9.17) is 4.74 Å². The van der Waals surface area contributed by atoms with E-state index >= 15 is 0 Å². The molecule has 2 amide bonds. The Hall–Kier alpha value is -2.29. The van der Waals surface area contributed by atoms with Gasteiger partial charge >= 0.3 is 6.09 Å². The molecule has 2 heterocycles. The van der Waals surface area contributed by atoms with E-state index in [0.29, 0.717) is 57.0 Å². The molecule has 2 aliphatic rings. The lowest BCUT2D eigenvalue weighted by atomic mass is 10.1. The summed E-state index contributed by atoms with van der Waals surface area (Å²) in [4.78, 5) is 27.6. The number of sulfonamides is 1. The summed E-state index contributed by atoms with van der Waals surface area (Å²) in [6.45, 7) is 4.33. The van der Waals surface area contributed by atoms with Gasteiger partial charge in [-0.15, -0.1) is 0 Å². The third-order valence-electron chi connectivity index (χ3n) is 4.59. The van der Waals surface area contributed by atoms with Gasteiger partial charge in [-0.1, -0.05) is 0 Å². The molecule has 1 aromatic rings. The highest BCUT2D eigenvalue weighted by molar-refractivity contribution is 7.93. The maximum atomic E-state index is 12.6. The van der Waals surface area contributed by atoms with Gasteiger partial charge in [0.15, 0.2) is 0 Å². The SMILES string of the molecule is CCOC(=O)N1CCN(C(=O)c2ccc(N3CCCS3(=O)=O)cc2)CC1. The molecule has 0 saturated carbocycles. The third kappa shape index (κ3) is 3.77. The van der Waals surface area contributed by atoms with E-state index in [1.54, 1.807) is 41.0 Å². The average Bonchev–Trinajstić information content (AvgIpc) is 3.01. The van der Waals surface area contributed by atoms with E-state index in [9.17, 15) is 18.0 Å². The van der Waals surface area contributed by atoms with Gasteiger partial charge in [0.1, 0.15) is 0 Å². The molecule has 0 aliphatic carbocycles. The number of ether oxygens (including phenoxy) is 1. The zero-order valence-electron chi connectivity index (χ0n) is 14.8. The summed E-state index contributed by atoms with van der Waals surface area (Å²) in [6.07, 6.45) is 0.268. The lowest BCUT2D eigenvalue weighted by Crippen LogP contribution is -2.50. The molecule has 8 nitrogen and oxygen atoms in total. The number of hydrogen-bond donors (Lipinski definition) is 0. The first-order valence-electron chi connectivity index (χ1n) is 8.74. The fourth-order valence-corrected chi connectivity index (χ4v) is 4.75. The van der Waals surface area contributed by atoms with Crippen LogP contribution in [0.15, 0.2) is 24.3 Å². The highest BCUT2D eigenvalue weighted by Crippen LogP contribution is 2.24. The van der Waals surface area contributed by atoms with E-state index in [0.717, 1.165) is 0 Å². The minimum absolute atomic E-state index is 0.121. The van der Waals surface area contributed by atoms with Crippen LogP contribution in [0.5, 0.6) is 0 Å². The smallest absolute Gasteiger partial charge is 0.409 e. The summed E-state index contributed by atoms with van der Waals surface area (Å²) in [6, 6.07) is 6.66. The fourth-order valence-electron chi connectivity index (χ4n) is 3.19. The van der Waals surface area contributed by atoms with Crippen molar-refractivity contribution in [3.05, 3.63) is 29.8 Å². The van der Waals surface area contributed by atoms with Gasteiger partial charge in [-0.05, 0) is 37.6 Å². The lowest BCUT2D eigenvalue weighted by molar-refractivity contribution is 0.0570. The first-order valence-corrected chi connectivity index (χ1v) is 10.3. The predicted molar refractivity (Wildman–Crippen MR) is 96.7 cm³/mol. The number of carbonyl (C=O) groups excluding carboxylic acids is 2. The minimum atomic E-state index is -3.22. The summed E-state index contributed by atoms with van der Waals surface area (Å²) in [5, 5.41) is 0. The van der Waals surface area contributed by atoms with Crippen molar-refractivity contribution in [1.29, 1.82) is 0 Å². The van der Waals surface area contributed by atoms with Gasteiger partial charge in [-0.2, -0.15) is 0 Å². The van der Waals surface area contributed by atoms with Gasteiger partial charge in [-0.3, -0.25) is 9.10 Å². The molecule has 2 aliphatic heterocycles. The normalized spacial score (nSPS) is 19.5. The second kappa shape index (κ2) is 7.53. The van der Waals surface area contributed by atoms with Crippen LogP contribution in [0, 0.1) is 0 Å². The maximum absolute atomic E-state index is 12.6. The molecule has 26 heavy (non-hydrogen) atoms. The number of hydrogen-bond acceptors (Lipinski definition) is 5. The van der Waals surface area contributed by atoms with Gasteiger partial charge in [0.05, 0.1) is 18.0 Å². The minimum Gasteiger partial charge on any atom is -0.450 e. The van der Waals surface area contributed by atoms with Crippen LogP contribution in [0.1, 0.15) is 23.7 Å². The molecule has 9 heteroatoms. The largest absolute Gasteiger partial charge is 0.450 e. The van der Waals surface area contributed by atoms with Gasteiger partial charge in [0.25, 0.3) is 5.91 Å². The molecule has 0 unspecified atom stereocenters. The first-order chi connectivity index (χ1) is 12.4. The van der Waals surface area contributed by atoms with E-state index in [1.165, 1.54) is 4.31 Å². The van der Waals surface area contributed by atoms with E-state index in [-0.39, 0.29) is 17.8 Å². The number of amides is 2. The molecule has 0 spiro atoms. The molecule has 2 saturated heterocycles. The monoisotopic (exact) mass is 381 g/mol. The fraction of sp³-hybridized carbons (Fsp3) is 0.529. The molecular formula is C17H23N3O5S. The Bertz CT molecular complexity index is 770. The number of anilines is 1. The lowest BCUT2D eigenvalue weighted by Gasteiger charge is -2.34. The molecule has 0 bridgehead atoms. The van der Waals surface area contributed by atoms with Crippen molar-refractivity contribution in [2.24, 2.45) is 0 Å². The van der Waals surface area contributed by atoms with Gasteiger partial charge in [0.2, 0.25) is 10.0 Å². The second-order valence-electron chi connectivity index (χ2n) is 6.27. The highest BCUT2D eigenvalue weighted by Gasteiger charge is 2.29. The molecule has 0 atom stereocenters. The number of nitrogens with zero attached hydrogens (tertiary/aromatic N) is 3. The average molecular weight is 381 g/mol. The molecular weight excluding hydrogens is 358 g/mol. The van der Waals surface area contributed by atoms with Crippen LogP contribution in [0.2, 0.25) is 0 Å². The van der Waals surface area contributed by atoms with E-state index in [1.807, 2.05) is 0 Å². The van der Waals surface area contributed by atoms with Gasteiger partial charge in [0, 0.05) is 38.3 Å². The number of carbonyl (C=O) groups is 2. The van der Waals surface area contributed by atoms with Gasteiger partial charge in [-0.25, -0.2) is 13.2 Å². The van der Waals surface area contributed by atoms with Crippen LogP contribution in [-0.2, 0) is 14.8 Å². The van der Waals surface area contributed by atoms with Crippen molar-refractivity contribution < 1.29 is 22.7 Å². The summed E-state index contributed by atoms with van der Waals surface area (Å²) in [5.41, 5.74) is 1.10. The quantitative estimate of drug-likeness (QED) is 0.784. The molecule has 0 aromatic heterocycles.